The molecule has 0 atom stereocenters. The molecule has 0 saturated carbocycles. The van der Waals surface area contributed by atoms with Crippen LogP contribution < -0.4 is 4.83 Å². The number of sulfonamides is 1. The molecule has 0 fully saturated rings. The number of fused-ring (bicyclic) bond motifs is 1. The van der Waals surface area contributed by atoms with Crippen molar-refractivity contribution in [2.24, 2.45) is 5.10 Å². The molecular formula is C21H14ClN3O5S. The number of hydrazone groups is 1. The van der Waals surface area contributed by atoms with E-state index in [9.17, 15) is 18.5 Å². The third kappa shape index (κ3) is 4.42. The topological polar surface area (TPSA) is 115 Å². The zero-order valence-electron chi connectivity index (χ0n) is 15.7. The van der Waals surface area contributed by atoms with E-state index in [2.05, 4.69) is 9.93 Å². The molecule has 0 spiro atoms. The molecule has 8 nitrogen and oxygen atoms in total. The third-order valence-electron chi connectivity index (χ3n) is 4.45. The van der Waals surface area contributed by atoms with E-state index >= 15 is 0 Å². The SMILES string of the molecule is O=[N+]([O-])c1ccc(-c2ccc(/C=N/NS(=O)(=O)c3ccc4ccccc4c3)o2)c(Cl)c1. The Morgan fingerprint density at radius 1 is 1.00 bits per heavy atom. The fraction of sp³-hybridized carbons (Fsp3) is 0. The van der Waals surface area contributed by atoms with Gasteiger partial charge < -0.3 is 4.42 Å². The molecule has 31 heavy (non-hydrogen) atoms. The first-order chi connectivity index (χ1) is 14.8. The van der Waals surface area contributed by atoms with E-state index in [1.54, 1.807) is 24.3 Å². The molecule has 0 aliphatic heterocycles. The molecule has 156 valence electrons. The summed E-state index contributed by atoms with van der Waals surface area (Å²) in [5.74, 6) is 0.629. The van der Waals surface area contributed by atoms with Gasteiger partial charge in [0.2, 0.25) is 0 Å². The summed E-state index contributed by atoms with van der Waals surface area (Å²) < 4.78 is 30.6. The van der Waals surface area contributed by atoms with Gasteiger partial charge in [-0.05, 0) is 41.1 Å². The average molecular weight is 456 g/mol. The summed E-state index contributed by atoms with van der Waals surface area (Å²) in [4.78, 5) is 12.5. The highest BCUT2D eigenvalue weighted by molar-refractivity contribution is 7.89. The van der Waals surface area contributed by atoms with E-state index in [0.29, 0.717) is 11.3 Å². The fourth-order valence-corrected chi connectivity index (χ4v) is 4.03. The summed E-state index contributed by atoms with van der Waals surface area (Å²) in [6.07, 6.45) is 1.21. The highest BCUT2D eigenvalue weighted by Gasteiger charge is 2.15. The van der Waals surface area contributed by atoms with E-state index in [1.807, 2.05) is 24.3 Å². The zero-order valence-corrected chi connectivity index (χ0v) is 17.3. The minimum Gasteiger partial charge on any atom is -0.455 e. The van der Waals surface area contributed by atoms with E-state index in [1.165, 1.54) is 30.5 Å². The molecular weight excluding hydrogens is 442 g/mol. The lowest BCUT2D eigenvalue weighted by molar-refractivity contribution is -0.384. The Kier molecular flexibility index (Phi) is 5.45. The monoisotopic (exact) mass is 455 g/mol. The van der Waals surface area contributed by atoms with Crippen molar-refractivity contribution in [3.05, 3.63) is 93.7 Å². The molecule has 4 rings (SSSR count). The number of hydrogen-bond acceptors (Lipinski definition) is 6. The first kappa shape index (κ1) is 20.6. The van der Waals surface area contributed by atoms with Gasteiger partial charge >= 0.3 is 0 Å². The number of nitrogens with one attached hydrogen (secondary N) is 1. The summed E-state index contributed by atoms with van der Waals surface area (Å²) in [7, 11) is -3.86. The zero-order chi connectivity index (χ0) is 22.0. The van der Waals surface area contributed by atoms with E-state index in [0.717, 1.165) is 10.8 Å². The van der Waals surface area contributed by atoms with Gasteiger partial charge in [-0.1, -0.05) is 41.9 Å². The lowest BCUT2D eigenvalue weighted by Crippen LogP contribution is -2.18. The van der Waals surface area contributed by atoms with Gasteiger partial charge in [-0.3, -0.25) is 10.1 Å². The van der Waals surface area contributed by atoms with Crippen molar-refractivity contribution in [1.29, 1.82) is 0 Å². The van der Waals surface area contributed by atoms with Gasteiger partial charge in [-0.2, -0.15) is 18.4 Å². The molecule has 0 radical (unpaired) electrons. The Labute approximate surface area is 182 Å². The van der Waals surface area contributed by atoms with Gasteiger partial charge in [0.25, 0.3) is 15.7 Å². The lowest BCUT2D eigenvalue weighted by atomic mass is 10.1. The molecule has 0 bridgehead atoms. The van der Waals surface area contributed by atoms with Crippen LogP contribution in [-0.4, -0.2) is 19.6 Å². The number of halogens is 1. The smallest absolute Gasteiger partial charge is 0.276 e. The van der Waals surface area contributed by atoms with Crippen molar-refractivity contribution < 1.29 is 17.8 Å². The third-order valence-corrected chi connectivity index (χ3v) is 5.98. The molecule has 0 aliphatic carbocycles. The molecule has 3 aromatic carbocycles. The quantitative estimate of drug-likeness (QED) is 0.250. The first-order valence-electron chi connectivity index (χ1n) is 8.91. The number of non-ortho nitro benzene ring substituents is 1. The predicted octanol–water partition coefficient (Wildman–Crippen LogP) is 4.97. The minimum atomic E-state index is -3.86. The van der Waals surface area contributed by atoms with Crippen LogP contribution in [0.25, 0.3) is 22.1 Å². The molecule has 0 saturated heterocycles. The van der Waals surface area contributed by atoms with Crippen LogP contribution in [0.4, 0.5) is 5.69 Å². The number of nitro groups is 1. The summed E-state index contributed by atoms with van der Waals surface area (Å²) in [6, 6.07) is 19.4. The van der Waals surface area contributed by atoms with Crippen molar-refractivity contribution in [1.82, 2.24) is 4.83 Å². The summed E-state index contributed by atoms with van der Waals surface area (Å²) in [6.45, 7) is 0. The molecule has 0 aliphatic rings. The normalized spacial score (nSPS) is 11.8. The summed E-state index contributed by atoms with van der Waals surface area (Å²) >= 11 is 6.10. The van der Waals surface area contributed by atoms with E-state index in [-0.39, 0.29) is 21.4 Å². The van der Waals surface area contributed by atoms with Crippen molar-refractivity contribution in [3.8, 4) is 11.3 Å². The second kappa shape index (κ2) is 8.21. The maximum Gasteiger partial charge on any atom is 0.276 e. The van der Waals surface area contributed by atoms with Crippen LogP contribution in [0.3, 0.4) is 0 Å². The van der Waals surface area contributed by atoms with Gasteiger partial charge in [0.15, 0.2) is 0 Å². The van der Waals surface area contributed by atoms with Crippen LogP contribution >= 0.6 is 11.6 Å². The summed E-state index contributed by atoms with van der Waals surface area (Å²) in [5.41, 5.74) is 0.328. The second-order valence-electron chi connectivity index (χ2n) is 6.49. The van der Waals surface area contributed by atoms with Gasteiger partial charge in [-0.15, -0.1) is 0 Å². The standard InChI is InChI=1S/C21H14ClN3O5S/c22-20-12-16(25(26)27)6-9-19(20)21-10-7-17(30-21)13-23-24-31(28,29)18-8-5-14-3-1-2-4-15(14)11-18/h1-13,24H/b23-13+. The van der Waals surface area contributed by atoms with Gasteiger partial charge in [0.05, 0.1) is 21.1 Å². The van der Waals surface area contributed by atoms with Crippen LogP contribution in [0.15, 0.2) is 87.2 Å². The molecule has 4 aromatic rings. The van der Waals surface area contributed by atoms with Crippen LogP contribution in [0.5, 0.6) is 0 Å². The highest BCUT2D eigenvalue weighted by atomic mass is 35.5. The van der Waals surface area contributed by atoms with Gasteiger partial charge in [0, 0.05) is 17.7 Å². The van der Waals surface area contributed by atoms with Crippen molar-refractivity contribution >= 4 is 44.3 Å². The average Bonchev–Trinajstić information content (AvgIpc) is 3.21. The van der Waals surface area contributed by atoms with E-state index in [4.69, 9.17) is 16.0 Å². The second-order valence-corrected chi connectivity index (χ2v) is 8.55. The molecule has 0 unspecified atom stereocenters. The Morgan fingerprint density at radius 2 is 1.77 bits per heavy atom. The number of hydrogen-bond donors (Lipinski definition) is 1. The largest absolute Gasteiger partial charge is 0.455 e. The minimum absolute atomic E-state index is 0.0844. The van der Waals surface area contributed by atoms with Crippen molar-refractivity contribution in [3.63, 3.8) is 0 Å². The molecule has 0 amide bonds. The van der Waals surface area contributed by atoms with E-state index < -0.39 is 14.9 Å². The number of nitro benzene ring substituents is 1. The van der Waals surface area contributed by atoms with Crippen LogP contribution in [0.1, 0.15) is 5.76 Å². The van der Waals surface area contributed by atoms with Crippen LogP contribution in [0, 0.1) is 10.1 Å². The molecule has 1 aromatic heterocycles. The van der Waals surface area contributed by atoms with Gasteiger partial charge in [-0.25, -0.2) is 0 Å². The molecule has 1 N–H and O–H groups in total. The first-order valence-corrected chi connectivity index (χ1v) is 10.8. The summed E-state index contributed by atoms with van der Waals surface area (Å²) in [5, 5.41) is 16.5. The maximum atomic E-state index is 12.5. The Hall–Kier alpha value is -3.69. The number of benzene rings is 3. The van der Waals surface area contributed by atoms with Crippen molar-refractivity contribution in [2.45, 2.75) is 4.90 Å². The molecule has 10 heteroatoms. The van der Waals surface area contributed by atoms with Gasteiger partial charge in [0.1, 0.15) is 11.5 Å². The number of rotatable bonds is 6. The van der Waals surface area contributed by atoms with Crippen LogP contribution in [0.2, 0.25) is 5.02 Å². The Balaban J connectivity index is 1.50. The number of nitrogens with zero attached hydrogens (tertiary/aromatic N) is 2. The van der Waals surface area contributed by atoms with Crippen molar-refractivity contribution in [2.75, 3.05) is 0 Å². The Morgan fingerprint density at radius 3 is 2.52 bits per heavy atom. The van der Waals surface area contributed by atoms with Crippen LogP contribution in [-0.2, 0) is 10.0 Å². The highest BCUT2D eigenvalue weighted by Crippen LogP contribution is 2.32. The lowest BCUT2D eigenvalue weighted by Gasteiger charge is -2.04. The maximum absolute atomic E-state index is 12.5. The molecule has 1 heterocycles. The predicted molar refractivity (Wildman–Crippen MR) is 118 cm³/mol. The number of furan rings is 1. The Bertz CT molecular complexity index is 1430. The fourth-order valence-electron chi connectivity index (χ4n) is 2.93.